The number of oxazole rings is 1. The van der Waals surface area contributed by atoms with Gasteiger partial charge in [0.05, 0.1) is 17.0 Å². The first-order valence-corrected chi connectivity index (χ1v) is 6.45. The second-order valence-electron chi connectivity index (χ2n) is 5.19. The number of nitriles is 1. The van der Waals surface area contributed by atoms with Crippen LogP contribution in [0.4, 0.5) is 0 Å². The molecule has 1 heterocycles. The molecule has 0 spiro atoms. The molecular formula is C14H15N3O2. The molecule has 1 aliphatic rings. The van der Waals surface area contributed by atoms with Crippen molar-refractivity contribution < 1.29 is 4.42 Å². The molecule has 1 aromatic carbocycles. The predicted molar refractivity (Wildman–Crippen MR) is 70.4 cm³/mol. The normalized spacial score (nSPS) is 17.0. The zero-order valence-corrected chi connectivity index (χ0v) is 10.5. The minimum Gasteiger partial charge on any atom is -0.408 e. The van der Waals surface area contributed by atoms with E-state index in [1.165, 1.54) is 0 Å². The van der Waals surface area contributed by atoms with E-state index < -0.39 is 5.76 Å². The van der Waals surface area contributed by atoms with Gasteiger partial charge in [-0.15, -0.1) is 0 Å². The van der Waals surface area contributed by atoms with E-state index in [4.69, 9.17) is 9.68 Å². The highest BCUT2D eigenvalue weighted by Gasteiger charge is 2.36. The molecule has 1 aliphatic carbocycles. The van der Waals surface area contributed by atoms with Crippen LogP contribution in [0, 0.1) is 16.7 Å². The summed E-state index contributed by atoms with van der Waals surface area (Å²) in [6, 6.07) is 8.01. The van der Waals surface area contributed by atoms with Crippen LogP contribution in [0.25, 0.3) is 11.1 Å². The van der Waals surface area contributed by atoms with Gasteiger partial charge < -0.3 is 9.73 Å². The summed E-state index contributed by atoms with van der Waals surface area (Å²) in [5.41, 5.74) is 2.19. The quantitative estimate of drug-likeness (QED) is 0.876. The zero-order chi connectivity index (χ0) is 13.3. The number of nitrogens with one attached hydrogen (secondary N) is 2. The molecule has 5 nitrogen and oxygen atoms in total. The van der Waals surface area contributed by atoms with Gasteiger partial charge in [-0.05, 0) is 30.5 Å². The lowest BCUT2D eigenvalue weighted by Gasteiger charge is -2.35. The summed E-state index contributed by atoms with van der Waals surface area (Å²) in [6.45, 7) is 1.41. The van der Waals surface area contributed by atoms with E-state index >= 15 is 0 Å². The molecule has 3 rings (SSSR count). The second kappa shape index (κ2) is 4.56. The first kappa shape index (κ1) is 12.0. The lowest BCUT2D eigenvalue weighted by Crippen LogP contribution is -2.38. The van der Waals surface area contributed by atoms with Gasteiger partial charge in [0.2, 0.25) is 0 Å². The molecule has 5 heteroatoms. The average molecular weight is 257 g/mol. The van der Waals surface area contributed by atoms with Crippen molar-refractivity contribution in [3.63, 3.8) is 0 Å². The summed E-state index contributed by atoms with van der Waals surface area (Å²) in [6.07, 6.45) is 3.13. The van der Waals surface area contributed by atoms with Crippen LogP contribution in [0.15, 0.2) is 27.4 Å². The highest BCUT2D eigenvalue weighted by molar-refractivity contribution is 5.72. The molecule has 98 valence electrons. The van der Waals surface area contributed by atoms with Crippen LogP contribution in [0.5, 0.6) is 0 Å². The van der Waals surface area contributed by atoms with Crippen molar-refractivity contribution in [2.75, 3.05) is 6.54 Å². The summed E-state index contributed by atoms with van der Waals surface area (Å²) in [4.78, 5) is 13.7. The summed E-state index contributed by atoms with van der Waals surface area (Å²) >= 11 is 0. The molecule has 0 bridgehead atoms. The number of hydrogen-bond donors (Lipinski definition) is 2. The van der Waals surface area contributed by atoms with Crippen LogP contribution in [0.3, 0.4) is 0 Å². The van der Waals surface area contributed by atoms with Gasteiger partial charge in [-0.25, -0.2) is 4.79 Å². The molecule has 19 heavy (non-hydrogen) atoms. The first-order chi connectivity index (χ1) is 9.21. The highest BCUT2D eigenvalue weighted by atomic mass is 16.4. The van der Waals surface area contributed by atoms with Gasteiger partial charge >= 0.3 is 5.76 Å². The standard InChI is InChI=1S/C14H15N3O2/c15-8-14(4-1-5-14)9-16-7-10-2-3-12-11(6-10)17-13(18)19-12/h2-3,6,16H,1,4-5,7,9H2,(H,17,18). The molecule has 0 atom stereocenters. The maximum atomic E-state index is 11.1. The van der Waals surface area contributed by atoms with Crippen molar-refractivity contribution in [2.24, 2.45) is 5.41 Å². The Morgan fingerprint density at radius 2 is 2.32 bits per heavy atom. The smallest absolute Gasteiger partial charge is 0.408 e. The molecule has 1 saturated carbocycles. The van der Waals surface area contributed by atoms with E-state index in [9.17, 15) is 4.79 Å². The van der Waals surface area contributed by atoms with E-state index in [-0.39, 0.29) is 5.41 Å². The van der Waals surface area contributed by atoms with E-state index in [2.05, 4.69) is 16.4 Å². The Labute approximate surface area is 110 Å². The minimum atomic E-state index is -0.432. The Hall–Kier alpha value is -2.06. The van der Waals surface area contributed by atoms with Gasteiger partial charge in [0.15, 0.2) is 5.58 Å². The fourth-order valence-corrected chi connectivity index (χ4v) is 2.49. The van der Waals surface area contributed by atoms with Crippen molar-refractivity contribution in [3.05, 3.63) is 34.3 Å². The third kappa shape index (κ3) is 2.27. The van der Waals surface area contributed by atoms with Gasteiger partial charge in [-0.3, -0.25) is 4.98 Å². The molecule has 0 amide bonds. The highest BCUT2D eigenvalue weighted by Crippen LogP contribution is 2.39. The summed E-state index contributed by atoms with van der Waals surface area (Å²) < 4.78 is 4.95. The molecule has 1 fully saturated rings. The molecule has 0 unspecified atom stereocenters. The van der Waals surface area contributed by atoms with Crippen LogP contribution < -0.4 is 11.1 Å². The van der Waals surface area contributed by atoms with E-state index in [0.29, 0.717) is 17.6 Å². The fraction of sp³-hybridized carbons (Fsp3) is 0.429. The topological polar surface area (TPSA) is 81.8 Å². The Bertz CT molecular complexity index is 689. The number of hydrogen-bond acceptors (Lipinski definition) is 4. The Morgan fingerprint density at radius 3 is 3.00 bits per heavy atom. The zero-order valence-electron chi connectivity index (χ0n) is 10.5. The fourth-order valence-electron chi connectivity index (χ4n) is 2.49. The van der Waals surface area contributed by atoms with Crippen molar-refractivity contribution in [2.45, 2.75) is 25.8 Å². The number of rotatable bonds is 4. The Balaban J connectivity index is 1.65. The Kier molecular flexibility index (Phi) is 2.88. The molecule has 0 radical (unpaired) electrons. The largest absolute Gasteiger partial charge is 0.417 e. The number of fused-ring (bicyclic) bond motifs is 1. The van der Waals surface area contributed by atoms with Gasteiger partial charge in [-0.2, -0.15) is 5.26 Å². The van der Waals surface area contributed by atoms with Gasteiger partial charge in [-0.1, -0.05) is 12.5 Å². The van der Waals surface area contributed by atoms with Crippen LogP contribution >= 0.6 is 0 Å². The molecule has 2 aromatic rings. The van der Waals surface area contributed by atoms with Crippen molar-refractivity contribution in [3.8, 4) is 6.07 Å². The van der Waals surface area contributed by atoms with Crippen molar-refractivity contribution >= 4 is 11.1 Å². The van der Waals surface area contributed by atoms with E-state index in [1.807, 2.05) is 12.1 Å². The molecular weight excluding hydrogens is 242 g/mol. The van der Waals surface area contributed by atoms with Gasteiger partial charge in [0.1, 0.15) is 0 Å². The Morgan fingerprint density at radius 1 is 1.47 bits per heavy atom. The van der Waals surface area contributed by atoms with Crippen molar-refractivity contribution in [1.29, 1.82) is 5.26 Å². The summed E-state index contributed by atoms with van der Waals surface area (Å²) in [7, 11) is 0. The maximum Gasteiger partial charge on any atom is 0.417 e. The first-order valence-electron chi connectivity index (χ1n) is 6.45. The monoisotopic (exact) mass is 257 g/mol. The third-order valence-electron chi connectivity index (χ3n) is 3.82. The minimum absolute atomic E-state index is 0.159. The predicted octanol–water partition coefficient (Wildman–Crippen LogP) is 1.90. The summed E-state index contributed by atoms with van der Waals surface area (Å²) in [5.74, 6) is -0.432. The van der Waals surface area contributed by atoms with Crippen LogP contribution in [-0.4, -0.2) is 11.5 Å². The SMILES string of the molecule is N#CC1(CNCc2ccc3oc(=O)[nH]c3c2)CCC1. The number of benzene rings is 1. The lowest BCUT2D eigenvalue weighted by atomic mass is 9.70. The van der Waals surface area contributed by atoms with Crippen LogP contribution in [-0.2, 0) is 6.54 Å². The average Bonchev–Trinajstić information content (AvgIpc) is 2.72. The number of aromatic nitrogens is 1. The van der Waals surface area contributed by atoms with Gasteiger partial charge in [0.25, 0.3) is 0 Å². The number of aromatic amines is 1. The number of H-pyrrole nitrogens is 1. The third-order valence-corrected chi connectivity index (χ3v) is 3.82. The number of nitrogens with zero attached hydrogens (tertiary/aromatic N) is 1. The molecule has 0 saturated heterocycles. The molecule has 0 aliphatic heterocycles. The van der Waals surface area contributed by atoms with E-state index in [0.717, 1.165) is 31.4 Å². The maximum absolute atomic E-state index is 11.1. The van der Waals surface area contributed by atoms with E-state index in [1.54, 1.807) is 6.07 Å². The summed E-state index contributed by atoms with van der Waals surface area (Å²) in [5, 5.41) is 12.5. The van der Waals surface area contributed by atoms with Gasteiger partial charge in [0, 0.05) is 13.1 Å². The van der Waals surface area contributed by atoms with Crippen molar-refractivity contribution in [1.82, 2.24) is 10.3 Å². The molecule has 1 aromatic heterocycles. The molecule has 2 N–H and O–H groups in total. The van der Waals surface area contributed by atoms with Crippen LogP contribution in [0.1, 0.15) is 24.8 Å². The van der Waals surface area contributed by atoms with Crippen LogP contribution in [0.2, 0.25) is 0 Å². The second-order valence-corrected chi connectivity index (χ2v) is 5.19. The lowest BCUT2D eigenvalue weighted by molar-refractivity contribution is 0.206.